The standard InChI is InChI=1S/C24H20N6O3/c1-25-24-18-14-27-22-11-17(18)15(12-28-24)6-7-19-20(10-16(31-2)13-26-19)32-8-9-33-23-5-3-4-21(29-22)30-23/h3-5,10-14H,8-9H2,1-2H3,(H,25,28)(H,27,29,30). The first-order chi connectivity index (χ1) is 16.2. The fourth-order valence-electron chi connectivity index (χ4n) is 3.36. The van der Waals surface area contributed by atoms with Crippen LogP contribution in [-0.4, -0.2) is 47.3 Å². The predicted octanol–water partition coefficient (Wildman–Crippen LogP) is 3.38. The highest BCUT2D eigenvalue weighted by atomic mass is 16.5. The van der Waals surface area contributed by atoms with Crippen LogP contribution in [-0.2, 0) is 0 Å². The van der Waals surface area contributed by atoms with Crippen molar-refractivity contribution in [1.29, 1.82) is 0 Å². The monoisotopic (exact) mass is 440 g/mol. The summed E-state index contributed by atoms with van der Waals surface area (Å²) in [6, 6.07) is 9.17. The number of ether oxygens (including phenoxy) is 3. The van der Waals surface area contributed by atoms with Crippen molar-refractivity contribution < 1.29 is 14.2 Å². The number of rotatable bonds is 2. The number of anilines is 3. The summed E-state index contributed by atoms with van der Waals surface area (Å²) < 4.78 is 16.9. The van der Waals surface area contributed by atoms with E-state index in [9.17, 15) is 0 Å². The topological polar surface area (TPSA) is 103 Å². The van der Waals surface area contributed by atoms with Gasteiger partial charge in [0.2, 0.25) is 5.88 Å². The Kier molecular flexibility index (Phi) is 5.47. The molecule has 0 fully saturated rings. The Morgan fingerprint density at radius 3 is 2.76 bits per heavy atom. The molecule has 0 saturated heterocycles. The first-order valence-electron chi connectivity index (χ1n) is 10.3. The quantitative estimate of drug-likeness (QED) is 0.454. The van der Waals surface area contributed by atoms with Crippen LogP contribution < -0.4 is 24.8 Å². The van der Waals surface area contributed by atoms with Crippen LogP contribution in [0.2, 0.25) is 0 Å². The fraction of sp³-hybridized carbons (Fsp3) is 0.167. The SMILES string of the molecule is CNc1ncc2c3cc(ncc13)Nc1cccc(n1)OCCOc1cc(OC)cnc1C#C2. The Bertz CT molecular complexity index is 1400. The molecule has 0 atom stereocenters. The second-order valence-electron chi connectivity index (χ2n) is 7.04. The first kappa shape index (κ1) is 20.3. The molecule has 9 heteroatoms. The van der Waals surface area contributed by atoms with Crippen LogP contribution in [0.5, 0.6) is 17.4 Å². The number of nitrogens with one attached hydrogen (secondary N) is 2. The zero-order valence-electron chi connectivity index (χ0n) is 18.0. The highest BCUT2D eigenvalue weighted by Crippen LogP contribution is 2.28. The van der Waals surface area contributed by atoms with E-state index < -0.39 is 0 Å². The minimum absolute atomic E-state index is 0.284. The lowest BCUT2D eigenvalue weighted by atomic mass is 10.1. The van der Waals surface area contributed by atoms with E-state index in [1.807, 2.05) is 25.2 Å². The van der Waals surface area contributed by atoms with Gasteiger partial charge in [0, 0.05) is 42.3 Å². The van der Waals surface area contributed by atoms with Crippen molar-refractivity contribution in [3.8, 4) is 29.2 Å². The molecule has 164 valence electrons. The molecule has 5 heterocycles. The number of fused-ring (bicyclic) bond motifs is 4. The van der Waals surface area contributed by atoms with Crippen molar-refractivity contribution >= 4 is 28.2 Å². The maximum absolute atomic E-state index is 5.91. The van der Waals surface area contributed by atoms with Crippen LogP contribution in [0.4, 0.5) is 17.5 Å². The third-order valence-corrected chi connectivity index (χ3v) is 4.96. The maximum atomic E-state index is 5.91. The molecule has 33 heavy (non-hydrogen) atoms. The normalized spacial score (nSPS) is 12.4. The van der Waals surface area contributed by atoms with Gasteiger partial charge < -0.3 is 24.8 Å². The summed E-state index contributed by atoms with van der Waals surface area (Å²) in [5, 5.41) is 8.06. The average Bonchev–Trinajstić information content (AvgIpc) is 2.85. The van der Waals surface area contributed by atoms with E-state index >= 15 is 0 Å². The van der Waals surface area contributed by atoms with Crippen LogP contribution >= 0.6 is 0 Å². The molecule has 0 aromatic carbocycles. The zero-order chi connectivity index (χ0) is 22.6. The Labute approximate surface area is 190 Å². The number of hydrogen-bond donors (Lipinski definition) is 2. The van der Waals surface area contributed by atoms with Crippen LogP contribution in [0.15, 0.2) is 48.9 Å². The average molecular weight is 440 g/mol. The van der Waals surface area contributed by atoms with Gasteiger partial charge in [-0.15, -0.1) is 0 Å². The van der Waals surface area contributed by atoms with E-state index in [1.165, 1.54) is 0 Å². The number of nitrogens with zero attached hydrogens (tertiary/aromatic N) is 4. The first-order valence-corrected chi connectivity index (χ1v) is 10.3. The third kappa shape index (κ3) is 4.27. The molecule has 0 aliphatic carbocycles. The summed E-state index contributed by atoms with van der Waals surface area (Å²) in [5.41, 5.74) is 1.22. The van der Waals surface area contributed by atoms with Crippen LogP contribution in [0, 0.1) is 11.8 Å². The number of hydrogen-bond acceptors (Lipinski definition) is 9. The van der Waals surface area contributed by atoms with Gasteiger partial charge in [0.1, 0.15) is 36.4 Å². The molecular formula is C24H20N6O3. The van der Waals surface area contributed by atoms with E-state index in [-0.39, 0.29) is 6.61 Å². The summed E-state index contributed by atoms with van der Waals surface area (Å²) in [7, 11) is 3.39. The van der Waals surface area contributed by atoms with Crippen LogP contribution in [0.3, 0.4) is 0 Å². The molecule has 0 radical (unpaired) electrons. The summed E-state index contributed by atoms with van der Waals surface area (Å²) in [5.74, 6) is 9.81. The molecule has 5 rings (SSSR count). The number of pyridine rings is 4. The minimum Gasteiger partial charge on any atom is -0.495 e. The highest BCUT2D eigenvalue weighted by Gasteiger charge is 2.11. The van der Waals surface area contributed by atoms with E-state index in [0.717, 1.165) is 16.3 Å². The lowest BCUT2D eigenvalue weighted by molar-refractivity contribution is 0.211. The van der Waals surface area contributed by atoms with Gasteiger partial charge >= 0.3 is 0 Å². The molecular weight excluding hydrogens is 420 g/mol. The lowest BCUT2D eigenvalue weighted by Gasteiger charge is -2.12. The van der Waals surface area contributed by atoms with E-state index in [1.54, 1.807) is 37.8 Å². The van der Waals surface area contributed by atoms with Crippen molar-refractivity contribution in [3.05, 3.63) is 60.2 Å². The van der Waals surface area contributed by atoms with E-state index in [0.29, 0.717) is 47.1 Å². The minimum atomic E-state index is 0.284. The van der Waals surface area contributed by atoms with Crippen molar-refractivity contribution in [1.82, 2.24) is 19.9 Å². The second-order valence-corrected chi connectivity index (χ2v) is 7.04. The van der Waals surface area contributed by atoms with Gasteiger partial charge in [-0.2, -0.15) is 4.98 Å². The maximum Gasteiger partial charge on any atom is 0.215 e. The van der Waals surface area contributed by atoms with Gasteiger partial charge in [0.25, 0.3) is 0 Å². The Balaban J connectivity index is 1.68. The summed E-state index contributed by atoms with van der Waals surface area (Å²) in [6.07, 6.45) is 5.09. The molecule has 0 unspecified atom stereocenters. The predicted molar refractivity (Wildman–Crippen MR) is 124 cm³/mol. The third-order valence-electron chi connectivity index (χ3n) is 4.96. The summed E-state index contributed by atoms with van der Waals surface area (Å²) >= 11 is 0. The van der Waals surface area contributed by atoms with E-state index in [4.69, 9.17) is 14.2 Å². The fourth-order valence-corrected chi connectivity index (χ4v) is 3.36. The molecule has 4 aromatic rings. The lowest BCUT2D eigenvalue weighted by Crippen LogP contribution is -2.11. The number of methoxy groups -OCH3 is 1. The zero-order valence-corrected chi connectivity index (χ0v) is 18.0. The van der Waals surface area contributed by atoms with Crippen molar-refractivity contribution in [3.63, 3.8) is 0 Å². The smallest absolute Gasteiger partial charge is 0.215 e. The van der Waals surface area contributed by atoms with Gasteiger partial charge in [-0.25, -0.2) is 15.0 Å². The van der Waals surface area contributed by atoms with Gasteiger partial charge in [-0.05, 0) is 18.1 Å². The highest BCUT2D eigenvalue weighted by molar-refractivity contribution is 5.96. The van der Waals surface area contributed by atoms with E-state index in [2.05, 4.69) is 42.4 Å². The van der Waals surface area contributed by atoms with Gasteiger partial charge in [-0.3, -0.25) is 0 Å². The van der Waals surface area contributed by atoms with Crippen LogP contribution in [0.25, 0.3) is 10.8 Å². The van der Waals surface area contributed by atoms with Crippen molar-refractivity contribution in [2.24, 2.45) is 0 Å². The number of aromatic nitrogens is 4. The van der Waals surface area contributed by atoms with Gasteiger partial charge in [0.05, 0.1) is 18.9 Å². The van der Waals surface area contributed by atoms with Gasteiger partial charge in [0.15, 0.2) is 11.4 Å². The molecule has 0 spiro atoms. The van der Waals surface area contributed by atoms with Crippen molar-refractivity contribution in [2.75, 3.05) is 38.0 Å². The second kappa shape index (κ2) is 8.88. The Morgan fingerprint density at radius 2 is 1.88 bits per heavy atom. The largest absolute Gasteiger partial charge is 0.495 e. The Hall–Kier alpha value is -4.58. The molecule has 9 nitrogen and oxygen atoms in total. The summed E-state index contributed by atoms with van der Waals surface area (Å²) in [6.45, 7) is 0.580. The molecule has 1 aliphatic rings. The van der Waals surface area contributed by atoms with Crippen molar-refractivity contribution in [2.45, 2.75) is 0 Å². The molecule has 4 aromatic heterocycles. The van der Waals surface area contributed by atoms with Crippen LogP contribution in [0.1, 0.15) is 11.3 Å². The molecule has 4 bridgehead atoms. The van der Waals surface area contributed by atoms with Gasteiger partial charge in [-0.1, -0.05) is 12.0 Å². The molecule has 0 amide bonds. The molecule has 1 aliphatic heterocycles. The Morgan fingerprint density at radius 1 is 0.970 bits per heavy atom. The molecule has 0 saturated carbocycles. The summed E-state index contributed by atoms with van der Waals surface area (Å²) in [4.78, 5) is 17.9. The molecule has 2 N–H and O–H groups in total.